The molecule has 158 valence electrons. The fourth-order valence-electron chi connectivity index (χ4n) is 4.13. The van der Waals surface area contributed by atoms with Gasteiger partial charge in [0.2, 0.25) is 0 Å². The summed E-state index contributed by atoms with van der Waals surface area (Å²) in [5.74, 6) is -0.152. The molecule has 7 heteroatoms. The van der Waals surface area contributed by atoms with E-state index in [1.807, 2.05) is 65.5 Å². The first-order valence-corrected chi connectivity index (χ1v) is 10.3. The van der Waals surface area contributed by atoms with Crippen molar-refractivity contribution in [3.63, 3.8) is 0 Å². The molecule has 0 unspecified atom stereocenters. The van der Waals surface area contributed by atoms with Crippen LogP contribution in [0.25, 0.3) is 11.1 Å². The van der Waals surface area contributed by atoms with Crippen molar-refractivity contribution < 1.29 is 9.72 Å². The van der Waals surface area contributed by atoms with Crippen molar-refractivity contribution in [1.82, 2.24) is 9.78 Å². The second-order valence-electron chi connectivity index (χ2n) is 7.72. The van der Waals surface area contributed by atoms with Crippen molar-refractivity contribution >= 4 is 17.3 Å². The molecule has 3 aromatic carbocycles. The zero-order chi connectivity index (χ0) is 22.1. The molecule has 0 N–H and O–H groups in total. The van der Waals surface area contributed by atoms with Crippen LogP contribution in [0.15, 0.2) is 85.2 Å². The van der Waals surface area contributed by atoms with Gasteiger partial charge in [-0.1, -0.05) is 48.5 Å². The largest absolute Gasteiger partial charge is 0.307 e. The van der Waals surface area contributed by atoms with Crippen LogP contribution >= 0.6 is 0 Å². The number of anilines is 1. The van der Waals surface area contributed by atoms with Gasteiger partial charge in [-0.2, -0.15) is 5.10 Å². The number of aromatic nitrogens is 2. The molecule has 32 heavy (non-hydrogen) atoms. The van der Waals surface area contributed by atoms with E-state index in [-0.39, 0.29) is 11.6 Å². The number of hydrogen-bond acceptors (Lipinski definition) is 4. The molecule has 0 fully saturated rings. The number of carbonyl (C=O) groups is 1. The molecule has 2 heterocycles. The van der Waals surface area contributed by atoms with Crippen LogP contribution in [0.3, 0.4) is 0 Å². The molecule has 0 radical (unpaired) electrons. The average Bonchev–Trinajstić information content (AvgIpc) is 3.48. The molecule has 0 saturated carbocycles. The molecular formula is C25H20N4O3. The number of fused-ring (bicyclic) bond motifs is 1. The number of nitro benzene ring substituents is 1. The van der Waals surface area contributed by atoms with Crippen LogP contribution in [0.5, 0.6) is 0 Å². The number of carbonyl (C=O) groups excluding carboxylic acids is 1. The number of nitrogens with zero attached hydrogens (tertiary/aromatic N) is 4. The maximum Gasteiger partial charge on any atom is 0.271 e. The topological polar surface area (TPSA) is 81.3 Å². The molecule has 7 nitrogen and oxygen atoms in total. The molecule has 0 saturated heterocycles. The van der Waals surface area contributed by atoms with Gasteiger partial charge in [-0.3, -0.25) is 19.6 Å². The third-order valence-electron chi connectivity index (χ3n) is 5.75. The number of non-ortho nitro benzene ring substituents is 1. The minimum Gasteiger partial charge on any atom is -0.307 e. The predicted octanol–water partition coefficient (Wildman–Crippen LogP) is 4.71. The van der Waals surface area contributed by atoms with Crippen LogP contribution in [-0.4, -0.2) is 27.2 Å². The summed E-state index contributed by atoms with van der Waals surface area (Å²) in [6.45, 7) is 1.18. The Kier molecular flexibility index (Phi) is 4.99. The van der Waals surface area contributed by atoms with E-state index < -0.39 is 4.92 Å². The van der Waals surface area contributed by atoms with Crippen molar-refractivity contribution in [1.29, 1.82) is 0 Å². The van der Waals surface area contributed by atoms with Gasteiger partial charge < -0.3 is 4.90 Å². The molecule has 0 atom stereocenters. The second-order valence-corrected chi connectivity index (χ2v) is 7.72. The molecule has 1 aliphatic rings. The van der Waals surface area contributed by atoms with Gasteiger partial charge in [0.1, 0.15) is 0 Å². The van der Waals surface area contributed by atoms with E-state index >= 15 is 0 Å². The summed E-state index contributed by atoms with van der Waals surface area (Å²) < 4.78 is 1.86. The first kappa shape index (κ1) is 19.7. The van der Waals surface area contributed by atoms with E-state index in [0.29, 0.717) is 30.8 Å². The molecule has 1 amide bonds. The Labute approximate surface area is 184 Å². The smallest absolute Gasteiger partial charge is 0.271 e. The van der Waals surface area contributed by atoms with Gasteiger partial charge in [-0.05, 0) is 40.8 Å². The van der Waals surface area contributed by atoms with Crippen molar-refractivity contribution in [2.45, 2.75) is 13.0 Å². The summed E-state index contributed by atoms with van der Waals surface area (Å²) in [6.07, 6.45) is 4.35. The van der Waals surface area contributed by atoms with Crippen LogP contribution < -0.4 is 4.90 Å². The maximum absolute atomic E-state index is 13.5. The Balaban J connectivity index is 1.45. The molecule has 0 spiro atoms. The van der Waals surface area contributed by atoms with Crippen LogP contribution in [0.4, 0.5) is 11.4 Å². The highest BCUT2D eigenvalue weighted by molar-refractivity contribution is 6.11. The summed E-state index contributed by atoms with van der Waals surface area (Å²) in [6, 6.07) is 22.2. The summed E-state index contributed by atoms with van der Waals surface area (Å²) in [7, 11) is 0. The standard InChI is InChI=1S/C25H20N4O3/c30-25(28-15-12-20-10-11-21(29(31)32)16-24(20)28)23-5-2-1-4-22(23)19-8-6-18(7-9-19)17-27-14-3-13-26-27/h1-11,13-14,16H,12,15,17H2. The molecule has 0 bridgehead atoms. The molecule has 1 aliphatic heterocycles. The summed E-state index contributed by atoms with van der Waals surface area (Å²) >= 11 is 0. The Bertz CT molecular complexity index is 1300. The summed E-state index contributed by atoms with van der Waals surface area (Å²) in [4.78, 5) is 25.9. The number of rotatable bonds is 5. The first-order valence-electron chi connectivity index (χ1n) is 10.3. The number of amides is 1. The molecule has 0 aliphatic carbocycles. The zero-order valence-corrected chi connectivity index (χ0v) is 17.2. The zero-order valence-electron chi connectivity index (χ0n) is 17.2. The van der Waals surface area contributed by atoms with Crippen LogP contribution in [0, 0.1) is 10.1 Å². The van der Waals surface area contributed by atoms with E-state index in [4.69, 9.17) is 0 Å². The monoisotopic (exact) mass is 424 g/mol. The number of benzene rings is 3. The minimum atomic E-state index is -0.431. The van der Waals surface area contributed by atoms with Gasteiger partial charge >= 0.3 is 0 Å². The Hall–Kier alpha value is -4.26. The lowest BCUT2D eigenvalue weighted by atomic mass is 9.97. The van der Waals surface area contributed by atoms with Gasteiger partial charge in [0.25, 0.3) is 11.6 Å². The van der Waals surface area contributed by atoms with Gasteiger partial charge in [-0.15, -0.1) is 0 Å². The van der Waals surface area contributed by atoms with Gasteiger partial charge in [-0.25, -0.2) is 0 Å². The highest BCUT2D eigenvalue weighted by atomic mass is 16.6. The number of hydrogen-bond donors (Lipinski definition) is 0. The Morgan fingerprint density at radius 1 is 1.03 bits per heavy atom. The van der Waals surface area contributed by atoms with E-state index in [1.54, 1.807) is 17.2 Å². The van der Waals surface area contributed by atoms with E-state index in [0.717, 1.165) is 22.3 Å². The molecule has 1 aromatic heterocycles. The van der Waals surface area contributed by atoms with Crippen molar-refractivity contribution in [3.8, 4) is 11.1 Å². The van der Waals surface area contributed by atoms with Gasteiger partial charge in [0.05, 0.1) is 17.2 Å². The number of nitro groups is 1. The lowest BCUT2D eigenvalue weighted by molar-refractivity contribution is -0.384. The fraction of sp³-hybridized carbons (Fsp3) is 0.120. The van der Waals surface area contributed by atoms with E-state index in [2.05, 4.69) is 5.10 Å². The molecule has 5 rings (SSSR count). The lowest BCUT2D eigenvalue weighted by Crippen LogP contribution is -2.29. The predicted molar refractivity (Wildman–Crippen MR) is 122 cm³/mol. The van der Waals surface area contributed by atoms with Crippen molar-refractivity contribution in [3.05, 3.63) is 112 Å². The van der Waals surface area contributed by atoms with Crippen LogP contribution in [-0.2, 0) is 13.0 Å². The van der Waals surface area contributed by atoms with Crippen LogP contribution in [0.1, 0.15) is 21.5 Å². The van der Waals surface area contributed by atoms with Crippen molar-refractivity contribution in [2.75, 3.05) is 11.4 Å². The van der Waals surface area contributed by atoms with Crippen molar-refractivity contribution in [2.24, 2.45) is 0 Å². The van der Waals surface area contributed by atoms with Gasteiger partial charge in [0.15, 0.2) is 0 Å². The second kappa shape index (κ2) is 8.11. The third kappa shape index (κ3) is 3.65. The Morgan fingerprint density at radius 2 is 1.84 bits per heavy atom. The maximum atomic E-state index is 13.5. The quantitative estimate of drug-likeness (QED) is 0.343. The highest BCUT2D eigenvalue weighted by Crippen LogP contribution is 2.34. The normalized spacial score (nSPS) is 12.6. The molecule has 4 aromatic rings. The molecular weight excluding hydrogens is 404 g/mol. The van der Waals surface area contributed by atoms with Gasteiger partial charge in [0, 0.05) is 36.6 Å². The Morgan fingerprint density at radius 3 is 2.59 bits per heavy atom. The van der Waals surface area contributed by atoms with E-state index in [9.17, 15) is 14.9 Å². The summed E-state index contributed by atoms with van der Waals surface area (Å²) in [5, 5.41) is 15.4. The van der Waals surface area contributed by atoms with Crippen LogP contribution in [0.2, 0.25) is 0 Å². The fourth-order valence-corrected chi connectivity index (χ4v) is 4.13. The third-order valence-corrected chi connectivity index (χ3v) is 5.75. The average molecular weight is 424 g/mol. The van der Waals surface area contributed by atoms with E-state index in [1.165, 1.54) is 12.1 Å². The lowest BCUT2D eigenvalue weighted by Gasteiger charge is -2.19. The SMILES string of the molecule is O=C(c1ccccc1-c1ccc(Cn2cccn2)cc1)N1CCc2ccc([N+](=O)[O-])cc21. The first-order chi connectivity index (χ1) is 15.6. The minimum absolute atomic E-state index is 0.00972. The highest BCUT2D eigenvalue weighted by Gasteiger charge is 2.28. The summed E-state index contributed by atoms with van der Waals surface area (Å²) in [5.41, 5.74) is 5.02.